The lowest BCUT2D eigenvalue weighted by Gasteiger charge is -1.96. The molecule has 72 valence electrons. The van der Waals surface area contributed by atoms with Crippen molar-refractivity contribution in [3.8, 4) is 0 Å². The van der Waals surface area contributed by atoms with Crippen molar-refractivity contribution in [2.24, 2.45) is 0 Å². The Balaban J connectivity index is 0. The van der Waals surface area contributed by atoms with Crippen molar-refractivity contribution in [3.05, 3.63) is 11.6 Å². The molecule has 0 spiro atoms. The molecule has 0 aromatic heterocycles. The number of allylic oxidation sites excluding steroid dienone is 2. The molecular formula is C11H22O. The van der Waals surface area contributed by atoms with Gasteiger partial charge >= 0.3 is 0 Å². The SMILES string of the molecule is CC.CC/C=C(\C)C(=O)CCC. The van der Waals surface area contributed by atoms with Crippen molar-refractivity contribution < 1.29 is 4.79 Å². The van der Waals surface area contributed by atoms with E-state index in [0.29, 0.717) is 12.2 Å². The number of hydrogen-bond donors (Lipinski definition) is 0. The van der Waals surface area contributed by atoms with Crippen LogP contribution in [-0.4, -0.2) is 5.78 Å². The van der Waals surface area contributed by atoms with E-state index in [9.17, 15) is 4.79 Å². The first-order chi connectivity index (χ1) is 5.72. The zero-order chi connectivity index (χ0) is 9.98. The van der Waals surface area contributed by atoms with Gasteiger partial charge in [-0.1, -0.05) is 33.8 Å². The topological polar surface area (TPSA) is 17.1 Å². The number of ketones is 1. The second-order valence-corrected chi connectivity index (χ2v) is 2.47. The monoisotopic (exact) mass is 170 g/mol. The molecule has 0 bridgehead atoms. The number of carbonyl (C=O) groups is 1. The van der Waals surface area contributed by atoms with E-state index in [0.717, 1.165) is 18.4 Å². The Bertz CT molecular complexity index is 134. The van der Waals surface area contributed by atoms with E-state index in [1.807, 2.05) is 40.7 Å². The quantitative estimate of drug-likeness (QED) is 0.587. The Hall–Kier alpha value is -0.590. The van der Waals surface area contributed by atoms with Crippen molar-refractivity contribution in [3.63, 3.8) is 0 Å². The number of hydrogen-bond acceptors (Lipinski definition) is 1. The minimum Gasteiger partial charge on any atom is -0.295 e. The third-order valence-electron chi connectivity index (χ3n) is 1.43. The third kappa shape index (κ3) is 7.52. The molecule has 12 heavy (non-hydrogen) atoms. The van der Waals surface area contributed by atoms with Gasteiger partial charge in [-0.2, -0.15) is 0 Å². The Kier molecular flexibility index (Phi) is 12.1. The van der Waals surface area contributed by atoms with Crippen LogP contribution in [0.2, 0.25) is 0 Å². The summed E-state index contributed by atoms with van der Waals surface area (Å²) in [6.07, 6.45) is 4.59. The molecule has 0 atom stereocenters. The second kappa shape index (κ2) is 10.4. The van der Waals surface area contributed by atoms with Crippen LogP contribution in [0.4, 0.5) is 0 Å². The molecule has 0 N–H and O–H groups in total. The molecule has 1 nitrogen and oxygen atoms in total. The number of Topliss-reactive ketones (excluding diaryl/α,β-unsaturated/α-hetero) is 1. The Morgan fingerprint density at radius 3 is 2.08 bits per heavy atom. The fraction of sp³-hybridized carbons (Fsp3) is 0.727. The predicted molar refractivity (Wildman–Crippen MR) is 55.3 cm³/mol. The van der Waals surface area contributed by atoms with Gasteiger partial charge in [0.15, 0.2) is 5.78 Å². The maximum absolute atomic E-state index is 11.1. The van der Waals surface area contributed by atoms with Gasteiger partial charge in [-0.3, -0.25) is 4.79 Å². The van der Waals surface area contributed by atoms with Gasteiger partial charge in [0.05, 0.1) is 0 Å². The van der Waals surface area contributed by atoms with Crippen LogP contribution in [0.25, 0.3) is 0 Å². The summed E-state index contributed by atoms with van der Waals surface area (Å²) < 4.78 is 0. The molecule has 0 unspecified atom stereocenters. The summed E-state index contributed by atoms with van der Waals surface area (Å²) in [7, 11) is 0. The molecule has 1 heteroatoms. The van der Waals surface area contributed by atoms with E-state index in [1.165, 1.54) is 0 Å². The van der Waals surface area contributed by atoms with Crippen LogP contribution in [-0.2, 0) is 4.79 Å². The highest BCUT2D eigenvalue weighted by Gasteiger charge is 1.99. The van der Waals surface area contributed by atoms with E-state index < -0.39 is 0 Å². The lowest BCUT2D eigenvalue weighted by Crippen LogP contribution is -1.97. The van der Waals surface area contributed by atoms with Gasteiger partial charge in [0.25, 0.3) is 0 Å². The van der Waals surface area contributed by atoms with Crippen LogP contribution < -0.4 is 0 Å². The summed E-state index contributed by atoms with van der Waals surface area (Å²) in [4.78, 5) is 11.1. The van der Waals surface area contributed by atoms with E-state index in [-0.39, 0.29) is 0 Å². The minimum atomic E-state index is 0.296. The molecule has 0 rings (SSSR count). The average molecular weight is 170 g/mol. The fourth-order valence-corrected chi connectivity index (χ4v) is 0.844. The van der Waals surface area contributed by atoms with Crippen LogP contribution in [0.5, 0.6) is 0 Å². The average Bonchev–Trinajstić information content (AvgIpc) is 2.09. The molecule has 0 fully saturated rings. The van der Waals surface area contributed by atoms with Crippen molar-refractivity contribution in [1.29, 1.82) is 0 Å². The highest BCUT2D eigenvalue weighted by atomic mass is 16.1. The van der Waals surface area contributed by atoms with Gasteiger partial charge in [0.2, 0.25) is 0 Å². The van der Waals surface area contributed by atoms with Crippen LogP contribution in [0, 0.1) is 0 Å². The molecule has 0 aliphatic rings. The molecular weight excluding hydrogens is 148 g/mol. The maximum Gasteiger partial charge on any atom is 0.158 e. The minimum absolute atomic E-state index is 0.296. The molecule has 0 aliphatic heterocycles. The Morgan fingerprint density at radius 1 is 1.25 bits per heavy atom. The molecule has 0 aromatic carbocycles. The molecule has 0 aromatic rings. The number of carbonyl (C=O) groups excluding carboxylic acids is 1. The smallest absolute Gasteiger partial charge is 0.158 e. The van der Waals surface area contributed by atoms with Gasteiger partial charge in [0.1, 0.15) is 0 Å². The van der Waals surface area contributed by atoms with Gasteiger partial charge in [0, 0.05) is 6.42 Å². The first-order valence-corrected chi connectivity index (χ1v) is 4.92. The highest BCUT2D eigenvalue weighted by Crippen LogP contribution is 2.01. The van der Waals surface area contributed by atoms with E-state index in [4.69, 9.17) is 0 Å². The van der Waals surface area contributed by atoms with Crippen LogP contribution >= 0.6 is 0 Å². The first kappa shape index (κ1) is 14.0. The first-order valence-electron chi connectivity index (χ1n) is 4.92. The summed E-state index contributed by atoms with van der Waals surface area (Å²) in [6, 6.07) is 0. The maximum atomic E-state index is 11.1. The van der Waals surface area contributed by atoms with Gasteiger partial charge in [-0.25, -0.2) is 0 Å². The predicted octanol–water partition coefficient (Wildman–Crippen LogP) is 3.74. The largest absolute Gasteiger partial charge is 0.295 e. The summed E-state index contributed by atoms with van der Waals surface area (Å²) in [5.41, 5.74) is 0.921. The van der Waals surface area contributed by atoms with Gasteiger partial charge in [-0.05, 0) is 25.3 Å². The van der Waals surface area contributed by atoms with Crippen molar-refractivity contribution in [2.45, 2.75) is 53.9 Å². The number of rotatable bonds is 4. The standard InChI is InChI=1S/C9H16O.C2H6/c1-4-6-8(3)9(10)7-5-2;1-2/h6H,4-5,7H2,1-3H3;1-2H3/b8-6+;. The Morgan fingerprint density at radius 2 is 1.75 bits per heavy atom. The summed E-state index contributed by atoms with van der Waals surface area (Å²) in [5.74, 6) is 0.296. The summed E-state index contributed by atoms with van der Waals surface area (Å²) >= 11 is 0. The van der Waals surface area contributed by atoms with Crippen LogP contribution in [0.15, 0.2) is 11.6 Å². The molecule has 0 heterocycles. The molecule has 0 amide bonds. The van der Waals surface area contributed by atoms with Crippen molar-refractivity contribution >= 4 is 5.78 Å². The molecule has 0 saturated heterocycles. The summed E-state index contributed by atoms with van der Waals surface area (Å²) in [6.45, 7) is 9.96. The van der Waals surface area contributed by atoms with Crippen molar-refractivity contribution in [1.82, 2.24) is 0 Å². The lowest BCUT2D eigenvalue weighted by molar-refractivity contribution is -0.115. The van der Waals surface area contributed by atoms with Gasteiger partial charge in [-0.15, -0.1) is 0 Å². The highest BCUT2D eigenvalue weighted by molar-refractivity contribution is 5.94. The normalized spacial score (nSPS) is 10.2. The van der Waals surface area contributed by atoms with Gasteiger partial charge < -0.3 is 0 Å². The Labute approximate surface area is 76.9 Å². The van der Waals surface area contributed by atoms with Crippen molar-refractivity contribution in [2.75, 3.05) is 0 Å². The second-order valence-electron chi connectivity index (χ2n) is 2.47. The zero-order valence-corrected chi connectivity index (χ0v) is 9.11. The van der Waals surface area contributed by atoms with E-state index in [2.05, 4.69) is 0 Å². The summed E-state index contributed by atoms with van der Waals surface area (Å²) in [5, 5.41) is 0. The molecule has 0 aliphatic carbocycles. The lowest BCUT2D eigenvalue weighted by atomic mass is 10.1. The van der Waals surface area contributed by atoms with E-state index in [1.54, 1.807) is 0 Å². The van der Waals surface area contributed by atoms with E-state index >= 15 is 0 Å². The third-order valence-corrected chi connectivity index (χ3v) is 1.43. The molecule has 0 saturated carbocycles. The zero-order valence-electron chi connectivity index (χ0n) is 9.11. The van der Waals surface area contributed by atoms with Crippen LogP contribution in [0.3, 0.4) is 0 Å². The van der Waals surface area contributed by atoms with Crippen LogP contribution in [0.1, 0.15) is 53.9 Å². The fourth-order valence-electron chi connectivity index (χ4n) is 0.844. The molecule has 0 radical (unpaired) electrons.